The van der Waals surface area contributed by atoms with E-state index < -0.39 is 23.6 Å². The summed E-state index contributed by atoms with van der Waals surface area (Å²) in [5.41, 5.74) is 0.673. The molecule has 158 valence electrons. The van der Waals surface area contributed by atoms with E-state index in [1.54, 1.807) is 31.2 Å². The van der Waals surface area contributed by atoms with Crippen molar-refractivity contribution in [3.05, 3.63) is 81.5 Å². The molecule has 4 nitrogen and oxygen atoms in total. The molecule has 1 amide bonds. The van der Waals surface area contributed by atoms with Gasteiger partial charge in [-0.3, -0.25) is 4.79 Å². The number of alkyl halides is 3. The Morgan fingerprint density at radius 1 is 1.20 bits per heavy atom. The highest BCUT2D eigenvalue weighted by atomic mass is 35.5. The number of nitrogens with zero attached hydrogens (tertiary/aromatic N) is 1. The van der Waals surface area contributed by atoms with Crippen LogP contribution in [0.3, 0.4) is 0 Å². The molecular weight excluding hydrogens is 419 g/mol. The number of halogens is 4. The van der Waals surface area contributed by atoms with Crippen molar-refractivity contribution in [1.29, 1.82) is 0 Å². The Labute approximate surface area is 176 Å². The summed E-state index contributed by atoms with van der Waals surface area (Å²) in [6, 6.07) is 11.6. The lowest BCUT2D eigenvalue weighted by atomic mass is 9.83. The van der Waals surface area contributed by atoms with Gasteiger partial charge < -0.3 is 9.64 Å². The summed E-state index contributed by atoms with van der Waals surface area (Å²) < 4.78 is 44.4. The van der Waals surface area contributed by atoms with E-state index in [0.717, 1.165) is 17.7 Å². The summed E-state index contributed by atoms with van der Waals surface area (Å²) in [5.74, 6) is -1.82. The number of hydrogen-bond donors (Lipinski definition) is 0. The van der Waals surface area contributed by atoms with Crippen LogP contribution >= 0.6 is 11.6 Å². The van der Waals surface area contributed by atoms with Gasteiger partial charge in [0.2, 0.25) is 5.91 Å². The van der Waals surface area contributed by atoms with Crippen molar-refractivity contribution >= 4 is 23.5 Å². The van der Waals surface area contributed by atoms with Gasteiger partial charge in [0.05, 0.1) is 24.8 Å². The number of ether oxygens (including phenoxy) is 1. The average Bonchev–Trinajstić information content (AvgIpc) is 2.69. The summed E-state index contributed by atoms with van der Waals surface area (Å²) in [7, 11) is 1.20. The maximum atomic E-state index is 13.2. The van der Waals surface area contributed by atoms with Crippen molar-refractivity contribution in [2.24, 2.45) is 0 Å². The Balaban J connectivity index is 2.05. The summed E-state index contributed by atoms with van der Waals surface area (Å²) >= 11 is 6.01. The van der Waals surface area contributed by atoms with Crippen molar-refractivity contribution in [3.63, 3.8) is 0 Å². The van der Waals surface area contributed by atoms with Crippen molar-refractivity contribution in [2.45, 2.75) is 32.0 Å². The first-order valence-electron chi connectivity index (χ1n) is 9.13. The highest BCUT2D eigenvalue weighted by Crippen LogP contribution is 2.39. The molecule has 8 heteroatoms. The van der Waals surface area contributed by atoms with E-state index in [1.165, 1.54) is 24.1 Å². The first-order valence-corrected chi connectivity index (χ1v) is 9.50. The normalized spacial score (nSPS) is 17.3. The Morgan fingerprint density at radius 2 is 1.90 bits per heavy atom. The van der Waals surface area contributed by atoms with Gasteiger partial charge in [0.25, 0.3) is 0 Å². The van der Waals surface area contributed by atoms with Gasteiger partial charge in [-0.2, -0.15) is 13.2 Å². The van der Waals surface area contributed by atoms with Crippen LogP contribution in [0.1, 0.15) is 36.0 Å². The van der Waals surface area contributed by atoms with Gasteiger partial charge in [-0.1, -0.05) is 41.9 Å². The molecule has 0 N–H and O–H groups in total. The van der Waals surface area contributed by atoms with Crippen LogP contribution < -0.4 is 0 Å². The van der Waals surface area contributed by atoms with Crippen molar-refractivity contribution in [3.8, 4) is 0 Å². The van der Waals surface area contributed by atoms with Crippen molar-refractivity contribution in [1.82, 2.24) is 4.90 Å². The lowest BCUT2D eigenvalue weighted by molar-refractivity contribution is -0.138. The molecule has 3 rings (SSSR count). The van der Waals surface area contributed by atoms with Crippen LogP contribution in [-0.2, 0) is 27.0 Å². The monoisotopic (exact) mass is 437 g/mol. The molecule has 0 aromatic heterocycles. The van der Waals surface area contributed by atoms with E-state index in [4.69, 9.17) is 16.3 Å². The molecule has 0 bridgehead atoms. The molecule has 2 aromatic carbocycles. The van der Waals surface area contributed by atoms with Gasteiger partial charge in [0.1, 0.15) is 0 Å². The lowest BCUT2D eigenvalue weighted by Crippen LogP contribution is -2.38. The van der Waals surface area contributed by atoms with E-state index in [2.05, 4.69) is 0 Å². The van der Waals surface area contributed by atoms with Gasteiger partial charge in [0.15, 0.2) is 0 Å². The molecule has 30 heavy (non-hydrogen) atoms. The number of hydrogen-bond acceptors (Lipinski definition) is 3. The number of methoxy groups -OCH3 is 1. The SMILES string of the molecule is COC(=O)C1=C(C)N(Cc2cccc(Cl)c2)C(=O)C[C@H]1c1cccc(C(F)(F)F)c1. The van der Waals surface area contributed by atoms with Crippen LogP contribution in [0.4, 0.5) is 13.2 Å². The minimum absolute atomic E-state index is 0.149. The van der Waals surface area contributed by atoms with Crippen LogP contribution in [0.2, 0.25) is 5.02 Å². The second kappa shape index (κ2) is 8.52. The summed E-state index contributed by atoms with van der Waals surface area (Å²) in [5, 5.41) is 0.508. The molecule has 0 saturated heterocycles. The van der Waals surface area contributed by atoms with Crippen LogP contribution in [0, 0.1) is 0 Å². The number of amides is 1. The third kappa shape index (κ3) is 4.51. The minimum atomic E-state index is -4.53. The zero-order chi connectivity index (χ0) is 22.1. The highest BCUT2D eigenvalue weighted by molar-refractivity contribution is 6.30. The molecule has 0 unspecified atom stereocenters. The Bertz CT molecular complexity index is 1020. The predicted molar refractivity (Wildman–Crippen MR) is 106 cm³/mol. The van der Waals surface area contributed by atoms with Crippen LogP contribution in [0.25, 0.3) is 0 Å². The Morgan fingerprint density at radius 3 is 2.53 bits per heavy atom. The third-order valence-corrected chi connectivity index (χ3v) is 5.31. The Kier molecular flexibility index (Phi) is 6.22. The molecule has 1 aliphatic heterocycles. The Hall–Kier alpha value is -2.80. The molecule has 1 aliphatic rings. The number of carbonyl (C=O) groups is 2. The number of allylic oxidation sites excluding steroid dienone is 1. The molecule has 1 atom stereocenters. The van der Waals surface area contributed by atoms with Crippen molar-refractivity contribution < 1.29 is 27.5 Å². The predicted octanol–water partition coefficient (Wildman–Crippen LogP) is 5.32. The van der Waals surface area contributed by atoms with Gasteiger partial charge in [-0.15, -0.1) is 0 Å². The van der Waals surface area contributed by atoms with E-state index >= 15 is 0 Å². The molecule has 0 aliphatic carbocycles. The van der Waals surface area contributed by atoms with E-state index in [9.17, 15) is 22.8 Å². The van der Waals surface area contributed by atoms with Crippen LogP contribution in [-0.4, -0.2) is 23.9 Å². The maximum absolute atomic E-state index is 13.2. The van der Waals surface area contributed by atoms with E-state index in [-0.39, 0.29) is 30.0 Å². The molecule has 2 aromatic rings. The lowest BCUT2D eigenvalue weighted by Gasteiger charge is -2.34. The number of esters is 1. The van der Waals surface area contributed by atoms with Crippen LogP contribution in [0.15, 0.2) is 59.8 Å². The number of rotatable bonds is 4. The van der Waals surface area contributed by atoms with E-state index in [0.29, 0.717) is 10.7 Å². The fourth-order valence-electron chi connectivity index (χ4n) is 3.61. The molecule has 0 saturated carbocycles. The third-order valence-electron chi connectivity index (χ3n) is 5.07. The van der Waals surface area contributed by atoms with Crippen molar-refractivity contribution in [2.75, 3.05) is 7.11 Å². The summed E-state index contributed by atoms with van der Waals surface area (Å²) in [6.07, 6.45) is -4.68. The zero-order valence-electron chi connectivity index (χ0n) is 16.3. The second-order valence-electron chi connectivity index (χ2n) is 6.98. The fourth-order valence-corrected chi connectivity index (χ4v) is 3.83. The number of carbonyl (C=O) groups excluding carboxylic acids is 2. The van der Waals surface area contributed by atoms with Crippen LogP contribution in [0.5, 0.6) is 0 Å². The van der Waals surface area contributed by atoms with Gasteiger partial charge in [0, 0.05) is 23.1 Å². The first kappa shape index (κ1) is 21.9. The molecule has 0 radical (unpaired) electrons. The minimum Gasteiger partial charge on any atom is -0.466 e. The molecule has 0 fully saturated rings. The zero-order valence-corrected chi connectivity index (χ0v) is 17.1. The van der Waals surface area contributed by atoms with Gasteiger partial charge in [-0.05, 0) is 36.2 Å². The molecular formula is C22H19ClF3NO3. The largest absolute Gasteiger partial charge is 0.466 e. The quantitative estimate of drug-likeness (QED) is 0.608. The van der Waals surface area contributed by atoms with E-state index in [1.807, 2.05) is 0 Å². The molecule has 1 heterocycles. The first-order chi connectivity index (χ1) is 14.1. The maximum Gasteiger partial charge on any atom is 0.416 e. The number of benzene rings is 2. The smallest absolute Gasteiger partial charge is 0.416 e. The topological polar surface area (TPSA) is 46.6 Å². The molecule has 0 spiro atoms. The van der Waals surface area contributed by atoms with Gasteiger partial charge >= 0.3 is 12.1 Å². The second-order valence-corrected chi connectivity index (χ2v) is 7.42. The standard InChI is InChI=1S/C22H19ClF3NO3/c1-13-20(21(29)30-2)18(15-6-4-7-16(10-15)22(24,25)26)11-19(28)27(13)12-14-5-3-8-17(23)9-14/h3-10,18H,11-12H2,1-2H3/t18-/m0/s1. The van der Waals surface area contributed by atoms with Gasteiger partial charge in [-0.25, -0.2) is 4.79 Å². The summed E-state index contributed by atoms with van der Waals surface area (Å²) in [6.45, 7) is 1.77. The average molecular weight is 438 g/mol. The highest BCUT2D eigenvalue weighted by Gasteiger charge is 2.38. The fraction of sp³-hybridized carbons (Fsp3) is 0.273. The summed E-state index contributed by atoms with van der Waals surface area (Å²) in [4.78, 5) is 26.9.